The molecule has 110 valence electrons. The lowest BCUT2D eigenvalue weighted by atomic mass is 10.1. The van der Waals surface area contributed by atoms with Gasteiger partial charge >= 0.3 is 6.09 Å². The zero-order chi connectivity index (χ0) is 15.3. The van der Waals surface area contributed by atoms with Crippen molar-refractivity contribution in [2.45, 2.75) is 26.4 Å². The van der Waals surface area contributed by atoms with E-state index in [-0.39, 0.29) is 12.3 Å². The molecule has 20 heavy (non-hydrogen) atoms. The number of methoxy groups -OCH3 is 1. The van der Waals surface area contributed by atoms with Crippen LogP contribution in [0, 0.1) is 0 Å². The van der Waals surface area contributed by atoms with Crippen molar-refractivity contribution in [3.05, 3.63) is 23.8 Å². The minimum atomic E-state index is -0.642. The number of nitrogens with two attached hydrogens (primary N) is 1. The number of hydrogen-bond acceptors (Lipinski definition) is 5. The molecule has 0 aromatic heterocycles. The fourth-order valence-electron chi connectivity index (χ4n) is 1.52. The number of ether oxygens (including phenoxy) is 2. The summed E-state index contributed by atoms with van der Waals surface area (Å²) in [5.74, 6) is 0.239. The van der Waals surface area contributed by atoms with Crippen LogP contribution < -0.4 is 15.8 Å². The van der Waals surface area contributed by atoms with Crippen molar-refractivity contribution in [1.29, 1.82) is 0 Å². The van der Waals surface area contributed by atoms with Crippen LogP contribution in [-0.4, -0.2) is 31.1 Å². The van der Waals surface area contributed by atoms with Crippen molar-refractivity contribution in [3.8, 4) is 5.75 Å². The first-order valence-electron chi connectivity index (χ1n) is 6.18. The number of hydrogen-bond donors (Lipinski definition) is 2. The van der Waals surface area contributed by atoms with E-state index in [0.29, 0.717) is 17.0 Å². The topological polar surface area (TPSA) is 90.6 Å². The second-order valence-corrected chi connectivity index (χ2v) is 5.17. The normalized spacial score (nSPS) is 10.8. The number of carbonyl (C=O) groups is 2. The van der Waals surface area contributed by atoms with E-state index in [1.165, 1.54) is 7.11 Å². The third kappa shape index (κ3) is 4.55. The summed E-state index contributed by atoms with van der Waals surface area (Å²) in [6, 6.07) is 4.73. The highest BCUT2D eigenvalue weighted by molar-refractivity contribution is 6.05. The Balaban J connectivity index is 3.01. The second-order valence-electron chi connectivity index (χ2n) is 5.17. The van der Waals surface area contributed by atoms with E-state index in [0.717, 1.165) is 0 Å². The molecule has 1 rings (SSSR count). The van der Waals surface area contributed by atoms with Gasteiger partial charge in [0.25, 0.3) is 0 Å². The van der Waals surface area contributed by atoms with Gasteiger partial charge < -0.3 is 15.2 Å². The molecule has 6 nitrogen and oxygen atoms in total. The Labute approximate surface area is 118 Å². The Kier molecular flexibility index (Phi) is 5.10. The van der Waals surface area contributed by atoms with Gasteiger partial charge in [0.15, 0.2) is 5.78 Å². The van der Waals surface area contributed by atoms with Crippen LogP contribution in [-0.2, 0) is 4.74 Å². The zero-order valence-corrected chi connectivity index (χ0v) is 12.1. The summed E-state index contributed by atoms with van der Waals surface area (Å²) in [4.78, 5) is 23.5. The molecule has 6 heteroatoms. The molecule has 1 aromatic rings. The quantitative estimate of drug-likeness (QED) is 0.825. The first-order valence-corrected chi connectivity index (χ1v) is 6.18. The SMILES string of the molecule is COc1ccc(C(=O)CN)c(NC(=O)OC(C)(C)C)c1. The van der Waals surface area contributed by atoms with E-state index < -0.39 is 11.7 Å². The van der Waals surface area contributed by atoms with Crippen molar-refractivity contribution in [2.75, 3.05) is 19.0 Å². The summed E-state index contributed by atoms with van der Waals surface area (Å²) in [5, 5.41) is 2.54. The first kappa shape index (κ1) is 16.0. The fourth-order valence-corrected chi connectivity index (χ4v) is 1.52. The molecule has 0 radical (unpaired) electrons. The third-order valence-corrected chi connectivity index (χ3v) is 2.35. The number of rotatable bonds is 4. The Morgan fingerprint density at radius 1 is 1.30 bits per heavy atom. The van der Waals surface area contributed by atoms with Gasteiger partial charge in [0.05, 0.1) is 19.3 Å². The molecular weight excluding hydrogens is 260 g/mol. The highest BCUT2D eigenvalue weighted by Gasteiger charge is 2.19. The summed E-state index contributed by atoms with van der Waals surface area (Å²) in [6.45, 7) is 5.12. The molecule has 0 aliphatic heterocycles. The molecule has 0 fully saturated rings. The van der Waals surface area contributed by atoms with Crippen molar-refractivity contribution in [2.24, 2.45) is 5.73 Å². The predicted octanol–water partition coefficient (Wildman–Crippen LogP) is 2.18. The van der Waals surface area contributed by atoms with Crippen LogP contribution in [0.5, 0.6) is 5.75 Å². The Bertz CT molecular complexity index is 506. The highest BCUT2D eigenvalue weighted by Crippen LogP contribution is 2.23. The maximum atomic E-state index is 11.8. The molecule has 0 unspecified atom stereocenters. The van der Waals surface area contributed by atoms with Crippen molar-refractivity contribution in [3.63, 3.8) is 0 Å². The van der Waals surface area contributed by atoms with Crippen LogP contribution in [0.1, 0.15) is 31.1 Å². The standard InChI is InChI=1S/C14H20N2O4/c1-14(2,3)20-13(18)16-11-7-9(19-4)5-6-10(11)12(17)8-15/h5-7H,8,15H2,1-4H3,(H,16,18). The summed E-state index contributed by atoms with van der Waals surface area (Å²) < 4.78 is 10.2. The number of carbonyl (C=O) groups excluding carboxylic acids is 2. The van der Waals surface area contributed by atoms with Crippen molar-refractivity contribution >= 4 is 17.6 Å². The van der Waals surface area contributed by atoms with Crippen LogP contribution >= 0.6 is 0 Å². The number of ketones is 1. The summed E-state index contributed by atoms with van der Waals surface area (Å²) in [5.41, 5.74) is 5.36. The molecule has 0 bridgehead atoms. The van der Waals surface area contributed by atoms with Gasteiger partial charge in [0.1, 0.15) is 11.4 Å². The van der Waals surface area contributed by atoms with Gasteiger partial charge in [0.2, 0.25) is 0 Å². The molecule has 0 aliphatic rings. The van der Waals surface area contributed by atoms with E-state index in [4.69, 9.17) is 15.2 Å². The highest BCUT2D eigenvalue weighted by atomic mass is 16.6. The number of amides is 1. The monoisotopic (exact) mass is 280 g/mol. The molecular formula is C14H20N2O4. The summed E-state index contributed by atoms with van der Waals surface area (Å²) >= 11 is 0. The molecule has 1 amide bonds. The number of benzene rings is 1. The number of anilines is 1. The molecule has 1 aromatic carbocycles. The van der Waals surface area contributed by atoms with Crippen molar-refractivity contribution < 1.29 is 19.1 Å². The largest absolute Gasteiger partial charge is 0.497 e. The molecule has 0 saturated carbocycles. The first-order chi connectivity index (χ1) is 9.26. The maximum Gasteiger partial charge on any atom is 0.412 e. The lowest BCUT2D eigenvalue weighted by molar-refractivity contribution is 0.0636. The Hall–Kier alpha value is -2.08. The molecule has 3 N–H and O–H groups in total. The average molecular weight is 280 g/mol. The Morgan fingerprint density at radius 3 is 2.45 bits per heavy atom. The molecule has 0 aliphatic carbocycles. The van der Waals surface area contributed by atoms with Crippen LogP contribution in [0.25, 0.3) is 0 Å². The van der Waals surface area contributed by atoms with Crippen LogP contribution in [0.3, 0.4) is 0 Å². The van der Waals surface area contributed by atoms with Crippen LogP contribution in [0.4, 0.5) is 10.5 Å². The smallest absolute Gasteiger partial charge is 0.412 e. The molecule has 0 heterocycles. The zero-order valence-electron chi connectivity index (χ0n) is 12.1. The number of nitrogens with one attached hydrogen (secondary N) is 1. The van der Waals surface area contributed by atoms with Crippen molar-refractivity contribution in [1.82, 2.24) is 0 Å². The van der Waals surface area contributed by atoms with E-state index in [9.17, 15) is 9.59 Å². The van der Waals surface area contributed by atoms with E-state index in [1.54, 1.807) is 39.0 Å². The average Bonchev–Trinajstić information content (AvgIpc) is 2.35. The third-order valence-electron chi connectivity index (χ3n) is 2.35. The minimum Gasteiger partial charge on any atom is -0.497 e. The molecule has 0 saturated heterocycles. The summed E-state index contributed by atoms with van der Waals surface area (Å²) in [6.07, 6.45) is -0.642. The summed E-state index contributed by atoms with van der Waals surface area (Å²) in [7, 11) is 1.50. The predicted molar refractivity (Wildman–Crippen MR) is 76.2 cm³/mol. The lowest BCUT2D eigenvalue weighted by Gasteiger charge is -2.20. The number of Topliss-reactive ketones (excluding diaryl/α,β-unsaturated/α-hetero) is 1. The van der Waals surface area contributed by atoms with E-state index >= 15 is 0 Å². The van der Waals surface area contributed by atoms with E-state index in [2.05, 4.69) is 5.32 Å². The molecule has 0 spiro atoms. The van der Waals surface area contributed by atoms with Gasteiger partial charge in [-0.2, -0.15) is 0 Å². The lowest BCUT2D eigenvalue weighted by Crippen LogP contribution is -2.28. The van der Waals surface area contributed by atoms with Crippen LogP contribution in [0.15, 0.2) is 18.2 Å². The van der Waals surface area contributed by atoms with Gasteiger partial charge in [-0.1, -0.05) is 0 Å². The van der Waals surface area contributed by atoms with E-state index in [1.807, 2.05) is 0 Å². The Morgan fingerprint density at radius 2 is 1.95 bits per heavy atom. The van der Waals surface area contributed by atoms with Gasteiger partial charge in [-0.3, -0.25) is 10.1 Å². The fraction of sp³-hybridized carbons (Fsp3) is 0.429. The minimum absolute atomic E-state index is 0.144. The van der Waals surface area contributed by atoms with Gasteiger partial charge in [0, 0.05) is 11.6 Å². The molecule has 0 atom stereocenters. The maximum absolute atomic E-state index is 11.8. The second kappa shape index (κ2) is 6.38. The van der Waals surface area contributed by atoms with Gasteiger partial charge in [-0.05, 0) is 32.9 Å². The van der Waals surface area contributed by atoms with Crippen LogP contribution in [0.2, 0.25) is 0 Å². The van der Waals surface area contributed by atoms with Gasteiger partial charge in [-0.15, -0.1) is 0 Å². The van der Waals surface area contributed by atoms with Gasteiger partial charge in [-0.25, -0.2) is 4.79 Å².